The van der Waals surface area contributed by atoms with E-state index in [0.29, 0.717) is 5.69 Å². The maximum atomic E-state index is 14.3. The highest BCUT2D eigenvalue weighted by atomic mass is 19.1. The quantitative estimate of drug-likeness (QED) is 0.717. The molecule has 152 valence electrons. The smallest absolute Gasteiger partial charge is 0.268 e. The second kappa shape index (κ2) is 6.10. The second-order valence-electron chi connectivity index (χ2n) is 8.50. The number of rotatable bonds is 3. The number of hydrogen-bond donors (Lipinski definition) is 1. The third-order valence-corrected chi connectivity index (χ3v) is 6.93. The molecule has 2 aromatic heterocycles. The first kappa shape index (κ1) is 18.7. The van der Waals surface area contributed by atoms with E-state index in [1.165, 1.54) is 24.4 Å². The molecule has 0 radical (unpaired) electrons. The number of hydrogen-bond acceptors (Lipinski definition) is 5. The van der Waals surface area contributed by atoms with E-state index in [1.807, 2.05) is 0 Å². The predicted molar refractivity (Wildman–Crippen MR) is 104 cm³/mol. The molecule has 2 aliphatic carbocycles. The Kier molecular flexibility index (Phi) is 3.81. The molecule has 1 aromatic carbocycles. The Labute approximate surface area is 171 Å². The summed E-state index contributed by atoms with van der Waals surface area (Å²) in [6.45, 7) is 4.24. The number of halogens is 2. The minimum absolute atomic E-state index is 0.0904. The fraction of sp³-hybridized carbons (Fsp3) is 0.318. The van der Waals surface area contributed by atoms with Crippen LogP contribution in [0.4, 0.5) is 8.78 Å². The molecular weight excluding hydrogens is 388 g/mol. The number of benzene rings is 1. The van der Waals surface area contributed by atoms with Gasteiger partial charge in [-0.1, -0.05) is 19.9 Å². The summed E-state index contributed by atoms with van der Waals surface area (Å²) < 4.78 is 28.6. The maximum Gasteiger partial charge on any atom is 0.268 e. The molecule has 2 N–H and O–H groups in total. The van der Waals surface area contributed by atoms with Gasteiger partial charge < -0.3 is 5.73 Å². The Morgan fingerprint density at radius 2 is 1.90 bits per heavy atom. The summed E-state index contributed by atoms with van der Waals surface area (Å²) >= 11 is 0. The van der Waals surface area contributed by atoms with E-state index in [4.69, 9.17) is 5.73 Å². The van der Waals surface area contributed by atoms with Gasteiger partial charge in [0.25, 0.3) is 5.91 Å². The number of carbonyl (C=O) groups excluding carboxylic acids is 1. The molecule has 2 heterocycles. The third-order valence-electron chi connectivity index (χ3n) is 6.93. The Hall–Kier alpha value is -3.29. The van der Waals surface area contributed by atoms with Gasteiger partial charge in [-0.25, -0.2) is 13.8 Å². The number of fused-ring (bicyclic) bond motifs is 5. The van der Waals surface area contributed by atoms with Crippen LogP contribution < -0.4 is 5.73 Å². The zero-order chi connectivity index (χ0) is 21.3. The highest BCUT2D eigenvalue weighted by Gasteiger charge is 2.65. The number of primary amides is 1. The van der Waals surface area contributed by atoms with Gasteiger partial charge in [0.1, 0.15) is 17.3 Å². The lowest BCUT2D eigenvalue weighted by Gasteiger charge is -2.37. The third kappa shape index (κ3) is 2.24. The lowest BCUT2D eigenvalue weighted by atomic mass is 9.66. The SMILES string of the molecule is CC1(C)[C@@H]2CC[C@@]1(c1cncc(C(N)=O)n1)c1nnc(-c3c(F)cccc3F)cc12. The van der Waals surface area contributed by atoms with Crippen molar-refractivity contribution in [1.29, 1.82) is 0 Å². The van der Waals surface area contributed by atoms with Crippen molar-refractivity contribution >= 4 is 5.91 Å². The van der Waals surface area contributed by atoms with Crippen molar-refractivity contribution in [2.45, 2.75) is 38.0 Å². The number of nitrogens with two attached hydrogens (primary N) is 1. The highest BCUT2D eigenvalue weighted by molar-refractivity contribution is 5.90. The number of carbonyl (C=O) groups is 1. The molecule has 1 amide bonds. The van der Waals surface area contributed by atoms with E-state index in [9.17, 15) is 13.6 Å². The largest absolute Gasteiger partial charge is 0.364 e. The Morgan fingerprint density at radius 1 is 1.17 bits per heavy atom. The predicted octanol–water partition coefficient (Wildman–Crippen LogP) is 3.51. The van der Waals surface area contributed by atoms with Crippen LogP contribution in [0.2, 0.25) is 0 Å². The molecule has 1 fully saturated rings. The number of aromatic nitrogens is 4. The van der Waals surface area contributed by atoms with Crippen molar-refractivity contribution in [3.8, 4) is 11.3 Å². The zero-order valence-electron chi connectivity index (χ0n) is 16.5. The van der Waals surface area contributed by atoms with E-state index in [-0.39, 0.29) is 28.3 Å². The summed E-state index contributed by atoms with van der Waals surface area (Å²) in [5, 5.41) is 8.64. The summed E-state index contributed by atoms with van der Waals surface area (Å²) in [5.41, 5.74) is 6.82. The first-order valence-electron chi connectivity index (χ1n) is 9.72. The topological polar surface area (TPSA) is 94.7 Å². The zero-order valence-corrected chi connectivity index (χ0v) is 16.5. The second-order valence-corrected chi connectivity index (χ2v) is 8.50. The van der Waals surface area contributed by atoms with Crippen molar-refractivity contribution in [3.05, 3.63) is 70.9 Å². The monoisotopic (exact) mass is 407 g/mol. The van der Waals surface area contributed by atoms with Crippen LogP contribution in [-0.4, -0.2) is 26.1 Å². The molecule has 0 spiro atoms. The van der Waals surface area contributed by atoms with Crippen LogP contribution in [0, 0.1) is 17.0 Å². The summed E-state index contributed by atoms with van der Waals surface area (Å²) in [5.74, 6) is -1.90. The fourth-order valence-electron chi connectivity index (χ4n) is 5.45. The van der Waals surface area contributed by atoms with E-state index >= 15 is 0 Å². The first-order chi connectivity index (χ1) is 14.3. The van der Waals surface area contributed by atoms with Gasteiger partial charge in [-0.3, -0.25) is 9.78 Å². The van der Waals surface area contributed by atoms with Crippen molar-refractivity contribution in [2.24, 2.45) is 11.1 Å². The Balaban J connectivity index is 1.72. The normalized spacial score (nSPS) is 23.4. The van der Waals surface area contributed by atoms with Gasteiger partial charge in [0.2, 0.25) is 0 Å². The lowest BCUT2D eigenvalue weighted by molar-refractivity contribution is 0.0994. The first-order valence-corrected chi connectivity index (χ1v) is 9.72. The standard InChI is InChI=1S/C22H19F2N5O/c1-21(2)12-6-7-22(21,17-10-26-9-16(27-17)20(25)30)19-11(12)8-15(28-29-19)18-13(23)4-3-5-14(18)24/h3-5,8-10,12H,6-7H2,1-2H3,(H2,25,30)/t12-,22-/m1/s1. The Morgan fingerprint density at radius 3 is 2.60 bits per heavy atom. The van der Waals surface area contributed by atoms with Crippen LogP contribution in [0.1, 0.15) is 60.0 Å². The van der Waals surface area contributed by atoms with Crippen LogP contribution >= 0.6 is 0 Å². The Bertz CT molecular complexity index is 1190. The van der Waals surface area contributed by atoms with Gasteiger partial charge in [0, 0.05) is 6.20 Å². The van der Waals surface area contributed by atoms with Crippen LogP contribution in [0.25, 0.3) is 11.3 Å². The van der Waals surface area contributed by atoms with E-state index in [1.54, 1.807) is 12.3 Å². The summed E-state index contributed by atoms with van der Waals surface area (Å²) in [6, 6.07) is 5.47. The molecule has 0 saturated heterocycles. The van der Waals surface area contributed by atoms with Crippen LogP contribution in [0.3, 0.4) is 0 Å². The van der Waals surface area contributed by atoms with Crippen LogP contribution in [0.5, 0.6) is 0 Å². The van der Waals surface area contributed by atoms with Crippen LogP contribution in [-0.2, 0) is 5.41 Å². The highest BCUT2D eigenvalue weighted by Crippen LogP contribution is 2.69. The minimum Gasteiger partial charge on any atom is -0.364 e. The molecule has 6 nitrogen and oxygen atoms in total. The molecule has 2 bridgehead atoms. The molecule has 3 aromatic rings. The van der Waals surface area contributed by atoms with Gasteiger partial charge >= 0.3 is 0 Å². The van der Waals surface area contributed by atoms with Gasteiger partial charge in [-0.15, -0.1) is 5.10 Å². The van der Waals surface area contributed by atoms with Crippen molar-refractivity contribution in [1.82, 2.24) is 20.2 Å². The van der Waals surface area contributed by atoms with E-state index < -0.39 is 23.0 Å². The molecule has 2 atom stereocenters. The van der Waals surface area contributed by atoms with Gasteiger partial charge in [0.05, 0.1) is 34.3 Å². The molecule has 5 rings (SSSR count). The van der Waals surface area contributed by atoms with Crippen molar-refractivity contribution in [2.75, 3.05) is 0 Å². The van der Waals surface area contributed by atoms with Gasteiger partial charge in [-0.05, 0) is 47.9 Å². The molecular formula is C22H19F2N5O. The molecule has 0 aliphatic heterocycles. The average Bonchev–Trinajstić information content (AvgIpc) is 3.09. The fourth-order valence-corrected chi connectivity index (χ4v) is 5.45. The van der Waals surface area contributed by atoms with Crippen molar-refractivity contribution < 1.29 is 13.6 Å². The van der Waals surface area contributed by atoms with Crippen LogP contribution in [0.15, 0.2) is 36.7 Å². The van der Waals surface area contributed by atoms with E-state index in [2.05, 4.69) is 34.0 Å². The molecule has 1 saturated carbocycles. The van der Waals surface area contributed by atoms with E-state index in [0.717, 1.165) is 24.1 Å². The average molecular weight is 407 g/mol. The van der Waals surface area contributed by atoms with Gasteiger partial charge in [0.15, 0.2) is 0 Å². The number of nitrogens with zero attached hydrogens (tertiary/aromatic N) is 4. The summed E-state index contributed by atoms with van der Waals surface area (Å²) in [6.07, 6.45) is 4.59. The molecule has 8 heteroatoms. The molecule has 30 heavy (non-hydrogen) atoms. The summed E-state index contributed by atoms with van der Waals surface area (Å²) in [4.78, 5) is 20.3. The summed E-state index contributed by atoms with van der Waals surface area (Å²) in [7, 11) is 0. The lowest BCUT2D eigenvalue weighted by Crippen LogP contribution is -2.38. The van der Waals surface area contributed by atoms with Gasteiger partial charge in [-0.2, -0.15) is 5.10 Å². The number of amides is 1. The maximum absolute atomic E-state index is 14.3. The molecule has 0 unspecified atom stereocenters. The minimum atomic E-state index is -0.679. The molecule has 2 aliphatic rings. The van der Waals surface area contributed by atoms with Crippen molar-refractivity contribution in [3.63, 3.8) is 0 Å².